The van der Waals surface area contributed by atoms with Gasteiger partial charge < -0.3 is 14.2 Å². The maximum Gasteiger partial charge on any atom is 0.196 e. The lowest BCUT2D eigenvalue weighted by Gasteiger charge is -2.43. The fraction of sp³-hybridized carbons (Fsp3) is 0.296. The Kier molecular flexibility index (Phi) is 4.76. The van der Waals surface area contributed by atoms with Crippen molar-refractivity contribution in [3.63, 3.8) is 0 Å². The normalized spacial score (nSPS) is 16.8. The van der Waals surface area contributed by atoms with Crippen LogP contribution in [0.1, 0.15) is 27.9 Å². The van der Waals surface area contributed by atoms with E-state index in [1.807, 2.05) is 24.0 Å². The first-order valence-electron chi connectivity index (χ1n) is 11.5. The quantitative estimate of drug-likeness (QED) is 0.482. The van der Waals surface area contributed by atoms with Gasteiger partial charge in [-0.1, -0.05) is 42.0 Å². The maximum absolute atomic E-state index is 5.68. The molecule has 33 heavy (non-hydrogen) atoms. The SMILES string of the molecule is Cc1ccc(C2(c3ccc(N4CCc5cnc(-c6nccn6C)nc5C4)cc3)COC2)cc1. The third-order valence-corrected chi connectivity index (χ3v) is 7.05. The zero-order valence-electron chi connectivity index (χ0n) is 19.0. The summed E-state index contributed by atoms with van der Waals surface area (Å²) >= 11 is 0. The zero-order valence-corrected chi connectivity index (χ0v) is 19.0. The van der Waals surface area contributed by atoms with Crippen LogP contribution in [0.2, 0.25) is 0 Å². The fourth-order valence-electron chi connectivity index (χ4n) is 4.88. The third-order valence-electron chi connectivity index (χ3n) is 7.05. The smallest absolute Gasteiger partial charge is 0.196 e. The summed E-state index contributed by atoms with van der Waals surface area (Å²) in [6.07, 6.45) is 6.61. The molecule has 0 N–H and O–H groups in total. The molecule has 6 rings (SSSR count). The predicted octanol–water partition coefficient (Wildman–Crippen LogP) is 4.06. The Morgan fingerprint density at radius 1 is 0.939 bits per heavy atom. The Morgan fingerprint density at radius 2 is 1.67 bits per heavy atom. The molecule has 1 fully saturated rings. The van der Waals surface area contributed by atoms with E-state index < -0.39 is 0 Å². The van der Waals surface area contributed by atoms with Crippen molar-refractivity contribution >= 4 is 5.69 Å². The van der Waals surface area contributed by atoms with Crippen LogP contribution < -0.4 is 4.90 Å². The summed E-state index contributed by atoms with van der Waals surface area (Å²) in [6.45, 7) is 5.34. The van der Waals surface area contributed by atoms with Crippen LogP contribution in [-0.2, 0) is 30.2 Å². The molecule has 6 heteroatoms. The summed E-state index contributed by atoms with van der Waals surface area (Å²) in [6, 6.07) is 17.9. The Bertz CT molecular complexity index is 1290. The topological polar surface area (TPSA) is 56.1 Å². The van der Waals surface area contributed by atoms with Gasteiger partial charge in [0.1, 0.15) is 0 Å². The maximum atomic E-state index is 5.68. The number of imidazole rings is 1. The molecule has 4 heterocycles. The predicted molar refractivity (Wildman–Crippen MR) is 128 cm³/mol. The molecule has 0 spiro atoms. The van der Waals surface area contributed by atoms with Crippen molar-refractivity contribution in [2.75, 3.05) is 24.7 Å². The van der Waals surface area contributed by atoms with Crippen LogP contribution in [0.5, 0.6) is 0 Å². The standard InChI is InChI=1S/C27H27N5O/c1-19-3-5-21(6-4-19)27(17-33-18-27)22-7-9-23(10-8-22)32-13-11-20-15-29-25(30-24(20)16-32)26-28-12-14-31(26)2/h3-10,12,14-15H,11,13,16-18H2,1-2H3. The molecule has 0 amide bonds. The minimum atomic E-state index is -0.0368. The highest BCUT2D eigenvalue weighted by Gasteiger charge is 2.42. The van der Waals surface area contributed by atoms with Crippen LogP contribution in [0.3, 0.4) is 0 Å². The molecule has 2 aromatic heterocycles. The van der Waals surface area contributed by atoms with E-state index in [1.165, 1.54) is 27.9 Å². The van der Waals surface area contributed by atoms with Crippen molar-refractivity contribution in [3.05, 3.63) is 95.1 Å². The van der Waals surface area contributed by atoms with Gasteiger partial charge in [-0.3, -0.25) is 0 Å². The van der Waals surface area contributed by atoms with Crippen LogP contribution in [-0.4, -0.2) is 39.3 Å². The van der Waals surface area contributed by atoms with Crippen LogP contribution in [0.4, 0.5) is 5.69 Å². The van der Waals surface area contributed by atoms with Gasteiger partial charge in [0.2, 0.25) is 0 Å². The Morgan fingerprint density at radius 3 is 2.30 bits per heavy atom. The van der Waals surface area contributed by atoms with Crippen LogP contribution >= 0.6 is 0 Å². The van der Waals surface area contributed by atoms with Gasteiger partial charge in [0, 0.05) is 37.9 Å². The lowest BCUT2D eigenvalue weighted by atomic mass is 9.73. The zero-order chi connectivity index (χ0) is 22.4. The monoisotopic (exact) mass is 437 g/mol. The summed E-state index contributed by atoms with van der Waals surface area (Å²) in [5, 5.41) is 0. The van der Waals surface area contributed by atoms with Gasteiger partial charge in [-0.25, -0.2) is 15.0 Å². The summed E-state index contributed by atoms with van der Waals surface area (Å²) in [5.74, 6) is 1.48. The van der Waals surface area contributed by atoms with Gasteiger partial charge in [-0.2, -0.15) is 0 Å². The fourth-order valence-corrected chi connectivity index (χ4v) is 4.88. The van der Waals surface area contributed by atoms with Crippen molar-refractivity contribution in [3.8, 4) is 11.6 Å². The minimum absolute atomic E-state index is 0.0368. The molecule has 4 aromatic rings. The molecular formula is C27H27N5O. The molecule has 0 aliphatic carbocycles. The molecule has 0 unspecified atom stereocenters. The van der Waals surface area contributed by atoms with Crippen molar-refractivity contribution < 1.29 is 4.74 Å². The van der Waals surface area contributed by atoms with E-state index in [2.05, 4.69) is 70.3 Å². The van der Waals surface area contributed by atoms with E-state index in [-0.39, 0.29) is 5.41 Å². The van der Waals surface area contributed by atoms with Gasteiger partial charge in [0.05, 0.1) is 30.9 Å². The number of rotatable bonds is 4. The first-order valence-corrected chi connectivity index (χ1v) is 11.5. The molecule has 2 aliphatic rings. The van der Waals surface area contributed by atoms with Crippen molar-refractivity contribution in [1.29, 1.82) is 0 Å². The van der Waals surface area contributed by atoms with Crippen LogP contribution in [0.25, 0.3) is 11.6 Å². The molecule has 0 atom stereocenters. The van der Waals surface area contributed by atoms with E-state index >= 15 is 0 Å². The van der Waals surface area contributed by atoms with E-state index in [4.69, 9.17) is 9.72 Å². The highest BCUT2D eigenvalue weighted by Crippen LogP contribution is 2.40. The number of nitrogens with zero attached hydrogens (tertiary/aromatic N) is 5. The summed E-state index contributed by atoms with van der Waals surface area (Å²) < 4.78 is 7.64. The minimum Gasteiger partial charge on any atom is -0.379 e. The Labute approximate surface area is 193 Å². The molecule has 0 saturated carbocycles. The third kappa shape index (κ3) is 3.42. The summed E-state index contributed by atoms with van der Waals surface area (Å²) in [5.41, 5.74) is 7.43. The van der Waals surface area contributed by atoms with Crippen molar-refractivity contribution in [1.82, 2.24) is 19.5 Å². The molecule has 2 aromatic carbocycles. The lowest BCUT2D eigenvalue weighted by Crippen LogP contribution is -2.47. The molecular weight excluding hydrogens is 410 g/mol. The number of aromatic nitrogens is 4. The Hall–Kier alpha value is -3.51. The number of ether oxygens (including phenoxy) is 1. The summed E-state index contributed by atoms with van der Waals surface area (Å²) in [7, 11) is 1.97. The number of hydrogen-bond donors (Lipinski definition) is 0. The van der Waals surface area contributed by atoms with Gasteiger partial charge in [-0.05, 0) is 42.2 Å². The van der Waals surface area contributed by atoms with E-state index in [0.29, 0.717) is 5.82 Å². The number of hydrogen-bond acceptors (Lipinski definition) is 5. The molecule has 1 saturated heterocycles. The molecule has 166 valence electrons. The summed E-state index contributed by atoms with van der Waals surface area (Å²) in [4.78, 5) is 16.2. The van der Waals surface area contributed by atoms with E-state index in [1.54, 1.807) is 6.20 Å². The number of fused-ring (bicyclic) bond motifs is 1. The average molecular weight is 438 g/mol. The van der Waals surface area contributed by atoms with Crippen molar-refractivity contribution in [2.45, 2.75) is 25.3 Å². The largest absolute Gasteiger partial charge is 0.379 e. The average Bonchev–Trinajstić information content (AvgIpc) is 3.25. The van der Waals surface area contributed by atoms with Gasteiger partial charge in [0.15, 0.2) is 11.6 Å². The highest BCUT2D eigenvalue weighted by atomic mass is 16.5. The number of anilines is 1. The first kappa shape index (κ1) is 20.1. The molecule has 6 nitrogen and oxygen atoms in total. The first-order chi connectivity index (χ1) is 16.1. The number of aryl methyl sites for hydroxylation is 2. The second-order valence-corrected chi connectivity index (χ2v) is 9.19. The van der Waals surface area contributed by atoms with Crippen LogP contribution in [0.15, 0.2) is 67.1 Å². The molecule has 2 aliphatic heterocycles. The highest BCUT2D eigenvalue weighted by molar-refractivity contribution is 5.54. The van der Waals surface area contributed by atoms with Gasteiger partial charge in [0.25, 0.3) is 0 Å². The van der Waals surface area contributed by atoms with E-state index in [9.17, 15) is 0 Å². The number of benzene rings is 2. The van der Waals surface area contributed by atoms with Crippen LogP contribution in [0, 0.1) is 6.92 Å². The van der Waals surface area contributed by atoms with Gasteiger partial charge in [-0.15, -0.1) is 0 Å². The Balaban J connectivity index is 1.25. The van der Waals surface area contributed by atoms with Crippen molar-refractivity contribution in [2.24, 2.45) is 7.05 Å². The molecule has 0 bridgehead atoms. The van der Waals surface area contributed by atoms with E-state index in [0.717, 1.165) is 44.2 Å². The second-order valence-electron chi connectivity index (χ2n) is 9.19. The lowest BCUT2D eigenvalue weighted by molar-refractivity contribution is -0.0379. The second kappa shape index (κ2) is 7.81. The molecule has 0 radical (unpaired) electrons. The van der Waals surface area contributed by atoms with Gasteiger partial charge >= 0.3 is 0 Å².